The van der Waals surface area contributed by atoms with Crippen molar-refractivity contribution >= 4 is 46.0 Å². The van der Waals surface area contributed by atoms with Crippen LogP contribution in [0.2, 0.25) is 0 Å². The van der Waals surface area contributed by atoms with Crippen LogP contribution in [0.1, 0.15) is 28.9 Å². The minimum absolute atomic E-state index is 0.0263. The topological polar surface area (TPSA) is 160 Å². The van der Waals surface area contributed by atoms with Crippen LogP contribution in [0.25, 0.3) is 10.9 Å². The van der Waals surface area contributed by atoms with Crippen LogP contribution >= 0.6 is 0 Å². The maximum absolute atomic E-state index is 15.3. The number of amides is 2. The molecule has 0 radical (unpaired) electrons. The molecule has 2 amide bonds. The van der Waals surface area contributed by atoms with Gasteiger partial charge in [0.05, 0.1) is 30.3 Å². The standard InChI is InChI=1S/C27H31FN8O4/c1-14(30-27(38)39)22(15-6-9-17(40-5)10-7-15)32-25-20(28)13-19(23(29)37)24(33-25)31-16-8-11-21-18(12-16)26(35(2)3)34-36(21)4/h6-14,22,30H,1-5H3,(H2,29,37)(H,38,39)(H2,31,32,33)/t14-,22-/m0/s1. The van der Waals surface area contributed by atoms with E-state index < -0.39 is 29.9 Å². The third-order valence-corrected chi connectivity index (χ3v) is 6.38. The highest BCUT2D eigenvalue weighted by Crippen LogP contribution is 2.31. The Morgan fingerprint density at radius 3 is 2.42 bits per heavy atom. The van der Waals surface area contributed by atoms with Crippen molar-refractivity contribution in [3.63, 3.8) is 0 Å². The van der Waals surface area contributed by atoms with Crippen molar-refractivity contribution in [1.82, 2.24) is 20.1 Å². The first kappa shape index (κ1) is 28.0. The summed E-state index contributed by atoms with van der Waals surface area (Å²) in [6, 6.07) is 11.9. The molecular weight excluding hydrogens is 519 g/mol. The third kappa shape index (κ3) is 5.82. The summed E-state index contributed by atoms with van der Waals surface area (Å²) in [5, 5.41) is 23.1. The molecule has 0 spiro atoms. The van der Waals surface area contributed by atoms with E-state index in [9.17, 15) is 14.7 Å². The van der Waals surface area contributed by atoms with Gasteiger partial charge in [0, 0.05) is 32.2 Å². The molecule has 4 aromatic rings. The van der Waals surface area contributed by atoms with Gasteiger partial charge >= 0.3 is 6.09 Å². The van der Waals surface area contributed by atoms with Gasteiger partial charge in [0.2, 0.25) is 0 Å². The maximum atomic E-state index is 15.3. The number of aromatic nitrogens is 3. The molecule has 40 heavy (non-hydrogen) atoms. The molecule has 2 heterocycles. The number of hydrogen-bond acceptors (Lipinski definition) is 8. The van der Waals surface area contributed by atoms with Crippen LogP contribution in [-0.2, 0) is 7.05 Å². The number of primary amides is 1. The van der Waals surface area contributed by atoms with Crippen molar-refractivity contribution in [2.75, 3.05) is 36.7 Å². The lowest BCUT2D eigenvalue weighted by Gasteiger charge is -2.27. The molecule has 210 valence electrons. The zero-order valence-electron chi connectivity index (χ0n) is 22.7. The van der Waals surface area contributed by atoms with E-state index >= 15 is 4.39 Å². The molecule has 2 aromatic carbocycles. The summed E-state index contributed by atoms with van der Waals surface area (Å²) in [5.41, 5.74) is 7.51. The molecule has 0 aliphatic heterocycles. The summed E-state index contributed by atoms with van der Waals surface area (Å²) in [4.78, 5) is 29.8. The Kier molecular flexibility index (Phi) is 7.93. The van der Waals surface area contributed by atoms with Crippen LogP contribution in [-0.4, -0.2) is 59.1 Å². The number of pyridine rings is 1. The van der Waals surface area contributed by atoms with Crippen molar-refractivity contribution in [3.8, 4) is 5.75 Å². The second kappa shape index (κ2) is 11.4. The molecule has 0 bridgehead atoms. The molecule has 2 aromatic heterocycles. The highest BCUT2D eigenvalue weighted by molar-refractivity contribution is 5.99. The lowest BCUT2D eigenvalue weighted by molar-refractivity contribution is 0.1000. The summed E-state index contributed by atoms with van der Waals surface area (Å²) in [6.45, 7) is 1.64. The molecule has 2 atom stereocenters. The number of halogens is 1. The van der Waals surface area contributed by atoms with E-state index in [1.165, 1.54) is 7.11 Å². The molecular formula is C27H31FN8O4. The van der Waals surface area contributed by atoms with E-state index in [1.54, 1.807) is 41.9 Å². The van der Waals surface area contributed by atoms with E-state index in [2.05, 4.69) is 26.0 Å². The van der Waals surface area contributed by atoms with Crippen molar-refractivity contribution in [2.24, 2.45) is 12.8 Å². The molecule has 0 saturated heterocycles. The number of benzene rings is 2. The normalized spacial score (nSPS) is 12.4. The van der Waals surface area contributed by atoms with E-state index in [4.69, 9.17) is 10.5 Å². The lowest BCUT2D eigenvalue weighted by atomic mass is 10.00. The molecule has 13 heteroatoms. The SMILES string of the molecule is COc1ccc([C@@H](Nc2nc(Nc3ccc4c(c3)c(N(C)C)nn4C)c(C(N)=O)cc2F)[C@H](C)NC(=O)O)cc1. The summed E-state index contributed by atoms with van der Waals surface area (Å²) < 4.78 is 22.2. The smallest absolute Gasteiger partial charge is 0.404 e. The van der Waals surface area contributed by atoms with Crippen LogP contribution in [0, 0.1) is 5.82 Å². The fourth-order valence-electron chi connectivity index (χ4n) is 4.40. The number of nitrogens with zero attached hydrogens (tertiary/aromatic N) is 4. The minimum atomic E-state index is -1.24. The predicted octanol–water partition coefficient (Wildman–Crippen LogP) is 3.83. The Morgan fingerprint density at radius 2 is 1.82 bits per heavy atom. The number of aryl methyl sites for hydroxylation is 1. The number of fused-ring (bicyclic) bond motifs is 1. The summed E-state index contributed by atoms with van der Waals surface area (Å²) in [7, 11) is 7.13. The van der Waals surface area contributed by atoms with Crippen LogP contribution in [0.3, 0.4) is 0 Å². The van der Waals surface area contributed by atoms with Crippen LogP contribution in [0.15, 0.2) is 48.5 Å². The minimum Gasteiger partial charge on any atom is -0.497 e. The first-order valence-corrected chi connectivity index (χ1v) is 12.3. The average molecular weight is 551 g/mol. The monoisotopic (exact) mass is 550 g/mol. The first-order chi connectivity index (χ1) is 19.0. The van der Waals surface area contributed by atoms with Crippen LogP contribution < -0.4 is 31.3 Å². The second-order valence-corrected chi connectivity index (χ2v) is 9.41. The van der Waals surface area contributed by atoms with Crippen LogP contribution in [0.5, 0.6) is 5.75 Å². The fourth-order valence-corrected chi connectivity index (χ4v) is 4.40. The highest BCUT2D eigenvalue weighted by atomic mass is 19.1. The Balaban J connectivity index is 1.74. The number of anilines is 4. The lowest BCUT2D eigenvalue weighted by Crippen LogP contribution is -2.39. The number of rotatable bonds is 10. The van der Waals surface area contributed by atoms with Crippen LogP contribution in [0.4, 0.5) is 32.3 Å². The molecule has 0 aliphatic rings. The number of nitrogens with two attached hydrogens (primary N) is 1. The number of methoxy groups -OCH3 is 1. The fraction of sp³-hybridized carbons (Fsp3) is 0.259. The van der Waals surface area contributed by atoms with Crippen molar-refractivity contribution < 1.29 is 23.8 Å². The Morgan fingerprint density at radius 1 is 1.12 bits per heavy atom. The molecule has 0 aliphatic carbocycles. The zero-order valence-corrected chi connectivity index (χ0v) is 22.7. The van der Waals surface area contributed by atoms with Gasteiger partial charge in [-0.2, -0.15) is 5.10 Å². The van der Waals surface area contributed by atoms with Gasteiger partial charge in [0.1, 0.15) is 11.6 Å². The number of carbonyl (C=O) groups excluding carboxylic acids is 1. The van der Waals surface area contributed by atoms with Gasteiger partial charge < -0.3 is 36.4 Å². The van der Waals surface area contributed by atoms with Crippen molar-refractivity contribution in [3.05, 3.63) is 65.5 Å². The predicted molar refractivity (Wildman–Crippen MR) is 151 cm³/mol. The van der Waals surface area contributed by atoms with Crippen molar-refractivity contribution in [2.45, 2.75) is 19.0 Å². The number of ether oxygens (including phenoxy) is 1. The van der Waals surface area contributed by atoms with Crippen molar-refractivity contribution in [1.29, 1.82) is 0 Å². The van der Waals surface area contributed by atoms with Gasteiger partial charge in [-0.15, -0.1) is 0 Å². The van der Waals surface area contributed by atoms with Gasteiger partial charge in [-0.3, -0.25) is 9.48 Å². The summed E-state index contributed by atoms with van der Waals surface area (Å²) >= 11 is 0. The second-order valence-electron chi connectivity index (χ2n) is 9.41. The quantitative estimate of drug-likeness (QED) is 0.198. The Bertz CT molecular complexity index is 1550. The third-order valence-electron chi connectivity index (χ3n) is 6.38. The van der Waals surface area contributed by atoms with E-state index in [-0.39, 0.29) is 17.2 Å². The average Bonchev–Trinajstić information content (AvgIpc) is 3.24. The highest BCUT2D eigenvalue weighted by Gasteiger charge is 2.25. The van der Waals surface area contributed by atoms with Gasteiger partial charge in [-0.1, -0.05) is 12.1 Å². The maximum Gasteiger partial charge on any atom is 0.404 e. The van der Waals surface area contributed by atoms with Gasteiger partial charge in [-0.25, -0.2) is 14.2 Å². The number of nitrogens with one attached hydrogen (secondary N) is 3. The number of hydrogen-bond donors (Lipinski definition) is 5. The van der Waals surface area contributed by atoms with E-state index in [1.807, 2.05) is 38.2 Å². The molecule has 0 saturated carbocycles. The van der Waals surface area contributed by atoms with E-state index in [0.29, 0.717) is 17.0 Å². The van der Waals surface area contributed by atoms with Gasteiger partial charge in [0.25, 0.3) is 5.91 Å². The summed E-state index contributed by atoms with van der Waals surface area (Å²) in [6.07, 6.45) is -1.24. The molecule has 6 N–H and O–H groups in total. The molecule has 0 fully saturated rings. The number of carbonyl (C=O) groups is 2. The number of carboxylic acid groups (broad SMARTS) is 1. The molecule has 0 unspecified atom stereocenters. The largest absolute Gasteiger partial charge is 0.497 e. The Hall–Kier alpha value is -5.07. The summed E-state index contributed by atoms with van der Waals surface area (Å²) in [5.74, 6) is -0.538. The van der Waals surface area contributed by atoms with Gasteiger partial charge in [-0.05, 0) is 48.9 Å². The first-order valence-electron chi connectivity index (χ1n) is 12.3. The molecule has 12 nitrogen and oxygen atoms in total. The molecule has 4 rings (SSSR count). The van der Waals surface area contributed by atoms with Gasteiger partial charge in [0.15, 0.2) is 17.5 Å². The zero-order chi connectivity index (χ0) is 29.1. The van der Waals surface area contributed by atoms with E-state index in [0.717, 1.165) is 22.8 Å². The Labute approximate surface area is 229 Å².